The van der Waals surface area contributed by atoms with Crippen molar-refractivity contribution in [2.45, 2.75) is 25.4 Å². The smallest absolute Gasteiger partial charge is 0.228 e. The van der Waals surface area contributed by atoms with E-state index in [9.17, 15) is 14.0 Å². The molecule has 4 rings (SSSR count). The zero-order chi connectivity index (χ0) is 19.5. The van der Waals surface area contributed by atoms with Crippen LogP contribution in [0.3, 0.4) is 0 Å². The van der Waals surface area contributed by atoms with E-state index in [-0.39, 0.29) is 18.2 Å². The molecule has 142 valence electrons. The first-order valence-corrected chi connectivity index (χ1v) is 9.01. The van der Waals surface area contributed by atoms with Gasteiger partial charge in [-0.25, -0.2) is 4.39 Å². The lowest BCUT2D eigenvalue weighted by Gasteiger charge is -2.25. The predicted molar refractivity (Wildman–Crippen MR) is 102 cm³/mol. The van der Waals surface area contributed by atoms with E-state index in [1.165, 1.54) is 12.1 Å². The number of amides is 2. The predicted octanol–water partition coefficient (Wildman–Crippen LogP) is 2.81. The standard InChI is InChI=1S/C21H19FN4O2/c22-16-6-7-17-18(11-20(27)25-19(17)10-16)21(28)23-12-14-4-1-2-5-15(14)13-26-9-3-8-24-26/h1-10,18H,11-13H2,(H,23,28)(H,25,27). The monoisotopic (exact) mass is 378 g/mol. The zero-order valence-electron chi connectivity index (χ0n) is 15.1. The molecule has 0 spiro atoms. The van der Waals surface area contributed by atoms with E-state index in [0.717, 1.165) is 11.1 Å². The minimum atomic E-state index is -0.636. The number of carbonyl (C=O) groups excluding carboxylic acids is 2. The van der Waals surface area contributed by atoms with Gasteiger partial charge in [0, 0.05) is 31.0 Å². The van der Waals surface area contributed by atoms with Gasteiger partial charge in [0.1, 0.15) is 5.82 Å². The highest BCUT2D eigenvalue weighted by atomic mass is 19.1. The number of fused-ring (bicyclic) bond motifs is 1. The number of aromatic nitrogens is 2. The van der Waals surface area contributed by atoms with Crippen molar-refractivity contribution in [1.82, 2.24) is 15.1 Å². The van der Waals surface area contributed by atoms with Gasteiger partial charge in [0.25, 0.3) is 0 Å². The van der Waals surface area contributed by atoms with Gasteiger partial charge in [0.2, 0.25) is 11.8 Å². The van der Waals surface area contributed by atoms with Gasteiger partial charge in [0.05, 0.1) is 12.5 Å². The fourth-order valence-electron chi connectivity index (χ4n) is 3.43. The molecule has 2 aromatic carbocycles. The molecule has 6 nitrogen and oxygen atoms in total. The number of nitrogens with one attached hydrogen (secondary N) is 2. The van der Waals surface area contributed by atoms with Crippen molar-refractivity contribution in [3.63, 3.8) is 0 Å². The van der Waals surface area contributed by atoms with Crippen molar-refractivity contribution >= 4 is 17.5 Å². The molecule has 0 fully saturated rings. The maximum Gasteiger partial charge on any atom is 0.228 e. The highest BCUT2D eigenvalue weighted by Gasteiger charge is 2.30. The summed E-state index contributed by atoms with van der Waals surface area (Å²) < 4.78 is 15.3. The van der Waals surface area contributed by atoms with Crippen LogP contribution < -0.4 is 10.6 Å². The molecular weight excluding hydrogens is 359 g/mol. The van der Waals surface area contributed by atoms with Crippen LogP contribution in [0.1, 0.15) is 29.0 Å². The minimum Gasteiger partial charge on any atom is -0.351 e. The van der Waals surface area contributed by atoms with Crippen LogP contribution in [0.25, 0.3) is 0 Å². The minimum absolute atomic E-state index is 0.0411. The fraction of sp³-hybridized carbons (Fsp3) is 0.190. The molecule has 2 N–H and O–H groups in total. The average Bonchev–Trinajstić information content (AvgIpc) is 3.19. The van der Waals surface area contributed by atoms with Crippen LogP contribution in [0.5, 0.6) is 0 Å². The third-order valence-electron chi connectivity index (χ3n) is 4.83. The summed E-state index contributed by atoms with van der Waals surface area (Å²) >= 11 is 0. The molecule has 28 heavy (non-hydrogen) atoms. The molecule has 0 bridgehead atoms. The van der Waals surface area contributed by atoms with Crippen LogP contribution in [-0.4, -0.2) is 21.6 Å². The molecule has 1 aliphatic rings. The maximum absolute atomic E-state index is 13.5. The third-order valence-corrected chi connectivity index (χ3v) is 4.83. The topological polar surface area (TPSA) is 76.0 Å². The largest absolute Gasteiger partial charge is 0.351 e. The van der Waals surface area contributed by atoms with Gasteiger partial charge in [-0.2, -0.15) is 5.10 Å². The van der Waals surface area contributed by atoms with Gasteiger partial charge < -0.3 is 10.6 Å². The molecule has 1 aromatic heterocycles. The van der Waals surface area contributed by atoms with E-state index in [1.54, 1.807) is 12.3 Å². The number of nitrogens with zero attached hydrogens (tertiary/aromatic N) is 2. The number of carbonyl (C=O) groups is 2. The lowest BCUT2D eigenvalue weighted by Crippen LogP contribution is -2.35. The van der Waals surface area contributed by atoms with Crippen molar-refractivity contribution in [2.75, 3.05) is 5.32 Å². The highest BCUT2D eigenvalue weighted by molar-refractivity contribution is 6.01. The second-order valence-electron chi connectivity index (χ2n) is 6.73. The molecule has 2 amide bonds. The number of anilines is 1. The first-order chi connectivity index (χ1) is 13.6. The Labute approximate surface area is 161 Å². The highest BCUT2D eigenvalue weighted by Crippen LogP contribution is 2.32. The van der Waals surface area contributed by atoms with Crippen LogP contribution >= 0.6 is 0 Å². The first-order valence-electron chi connectivity index (χ1n) is 9.01. The lowest BCUT2D eigenvalue weighted by molar-refractivity contribution is -0.126. The Morgan fingerprint density at radius 2 is 2.04 bits per heavy atom. The SMILES string of the molecule is O=C1CC(C(=O)NCc2ccccc2Cn2cccn2)c2ccc(F)cc2N1. The Morgan fingerprint density at radius 1 is 1.21 bits per heavy atom. The number of halogens is 1. The molecule has 1 unspecified atom stereocenters. The summed E-state index contributed by atoms with van der Waals surface area (Å²) in [5.74, 6) is -1.63. The lowest BCUT2D eigenvalue weighted by atomic mass is 9.89. The normalized spacial score (nSPS) is 15.6. The molecule has 0 radical (unpaired) electrons. The van der Waals surface area contributed by atoms with Crippen molar-refractivity contribution in [2.24, 2.45) is 0 Å². The molecule has 0 saturated heterocycles. The molecule has 0 aliphatic carbocycles. The average molecular weight is 378 g/mol. The first kappa shape index (κ1) is 17.9. The third kappa shape index (κ3) is 3.78. The molecule has 2 heterocycles. The van der Waals surface area contributed by atoms with Crippen molar-refractivity contribution < 1.29 is 14.0 Å². The molecule has 3 aromatic rings. The Morgan fingerprint density at radius 3 is 2.82 bits per heavy atom. The maximum atomic E-state index is 13.5. The number of hydrogen-bond acceptors (Lipinski definition) is 3. The second kappa shape index (κ2) is 7.64. The summed E-state index contributed by atoms with van der Waals surface area (Å²) in [6.07, 6.45) is 3.64. The number of rotatable bonds is 5. The van der Waals surface area contributed by atoms with Crippen LogP contribution in [0.15, 0.2) is 60.9 Å². The molecule has 1 atom stereocenters. The molecule has 1 aliphatic heterocycles. The Balaban J connectivity index is 1.49. The van der Waals surface area contributed by atoms with E-state index >= 15 is 0 Å². The zero-order valence-corrected chi connectivity index (χ0v) is 15.1. The van der Waals surface area contributed by atoms with Crippen LogP contribution in [0.2, 0.25) is 0 Å². The number of benzene rings is 2. The molecular formula is C21H19FN4O2. The van der Waals surface area contributed by atoms with Gasteiger partial charge in [-0.15, -0.1) is 0 Å². The quantitative estimate of drug-likeness (QED) is 0.717. The molecule has 0 saturated carbocycles. The summed E-state index contributed by atoms with van der Waals surface area (Å²) in [6.45, 7) is 0.942. The van der Waals surface area contributed by atoms with Crippen molar-refractivity contribution in [1.29, 1.82) is 0 Å². The van der Waals surface area contributed by atoms with Crippen LogP contribution in [-0.2, 0) is 22.7 Å². The van der Waals surface area contributed by atoms with Crippen molar-refractivity contribution in [3.05, 3.63) is 83.4 Å². The van der Waals surface area contributed by atoms with Gasteiger partial charge in [0.15, 0.2) is 0 Å². The Kier molecular flexibility index (Phi) is 4.89. The summed E-state index contributed by atoms with van der Waals surface area (Å²) in [4.78, 5) is 24.7. The van der Waals surface area contributed by atoms with Crippen LogP contribution in [0.4, 0.5) is 10.1 Å². The Bertz CT molecular complexity index is 1020. The summed E-state index contributed by atoms with van der Waals surface area (Å²) in [7, 11) is 0. The van der Waals surface area contributed by atoms with Crippen LogP contribution in [0, 0.1) is 5.82 Å². The number of hydrogen-bond donors (Lipinski definition) is 2. The molecule has 7 heteroatoms. The van der Waals surface area contributed by atoms with Gasteiger partial charge in [-0.1, -0.05) is 30.3 Å². The van der Waals surface area contributed by atoms with E-state index in [4.69, 9.17) is 0 Å². The fourth-order valence-corrected chi connectivity index (χ4v) is 3.43. The van der Waals surface area contributed by atoms with E-state index in [0.29, 0.717) is 24.3 Å². The van der Waals surface area contributed by atoms with Gasteiger partial charge >= 0.3 is 0 Å². The van der Waals surface area contributed by atoms with Gasteiger partial charge in [-0.05, 0) is 34.9 Å². The van der Waals surface area contributed by atoms with E-state index < -0.39 is 11.7 Å². The van der Waals surface area contributed by atoms with Crippen molar-refractivity contribution in [3.8, 4) is 0 Å². The second-order valence-corrected chi connectivity index (χ2v) is 6.73. The Hall–Kier alpha value is -3.48. The summed E-state index contributed by atoms with van der Waals surface area (Å²) in [5.41, 5.74) is 3.01. The van der Waals surface area contributed by atoms with E-state index in [2.05, 4.69) is 15.7 Å². The summed E-state index contributed by atoms with van der Waals surface area (Å²) in [6, 6.07) is 13.8. The summed E-state index contributed by atoms with van der Waals surface area (Å²) in [5, 5.41) is 9.76. The van der Waals surface area contributed by atoms with Gasteiger partial charge in [-0.3, -0.25) is 14.3 Å². The van der Waals surface area contributed by atoms with E-state index in [1.807, 2.05) is 41.2 Å².